The minimum atomic E-state index is -1.11. The van der Waals surface area contributed by atoms with Gasteiger partial charge in [-0.15, -0.1) is 0 Å². The zero-order valence-corrected chi connectivity index (χ0v) is 15.9. The van der Waals surface area contributed by atoms with Crippen molar-refractivity contribution in [2.45, 2.75) is 32.9 Å². The number of nitrogens with zero attached hydrogens (tertiary/aromatic N) is 1. The molecule has 0 aromatic heterocycles. The Morgan fingerprint density at radius 1 is 0.821 bits per heavy atom. The SMILES string of the molecule is CC(C)[C@H](C(=O)O[C@@H](C)C(=O)c1ccccc1)N1C(=O)c2ccccc2C1=O. The molecular formula is C22H21NO5. The molecule has 0 aliphatic carbocycles. The lowest BCUT2D eigenvalue weighted by molar-refractivity contribution is -0.152. The number of amides is 2. The van der Waals surface area contributed by atoms with Crippen LogP contribution in [0.3, 0.4) is 0 Å². The summed E-state index contributed by atoms with van der Waals surface area (Å²) in [6.07, 6.45) is -1.04. The van der Waals surface area contributed by atoms with Crippen molar-refractivity contribution in [1.29, 1.82) is 0 Å². The fraction of sp³-hybridized carbons (Fsp3) is 0.273. The third kappa shape index (κ3) is 3.45. The van der Waals surface area contributed by atoms with Crippen LogP contribution in [0.2, 0.25) is 0 Å². The molecule has 0 saturated carbocycles. The number of rotatable bonds is 6. The Bertz CT molecular complexity index is 900. The van der Waals surface area contributed by atoms with Gasteiger partial charge in [0, 0.05) is 5.56 Å². The molecule has 2 amide bonds. The van der Waals surface area contributed by atoms with Crippen LogP contribution in [-0.2, 0) is 9.53 Å². The molecule has 2 aromatic rings. The molecule has 0 bridgehead atoms. The number of hydrogen-bond acceptors (Lipinski definition) is 5. The maximum Gasteiger partial charge on any atom is 0.330 e. The fourth-order valence-electron chi connectivity index (χ4n) is 3.27. The van der Waals surface area contributed by atoms with E-state index in [4.69, 9.17) is 4.74 Å². The van der Waals surface area contributed by atoms with E-state index in [1.807, 2.05) is 0 Å². The average Bonchev–Trinajstić information content (AvgIpc) is 2.93. The van der Waals surface area contributed by atoms with E-state index in [9.17, 15) is 19.2 Å². The highest BCUT2D eigenvalue weighted by Crippen LogP contribution is 2.28. The number of hydrogen-bond donors (Lipinski definition) is 0. The van der Waals surface area contributed by atoms with Crippen molar-refractivity contribution in [1.82, 2.24) is 4.90 Å². The molecule has 28 heavy (non-hydrogen) atoms. The summed E-state index contributed by atoms with van der Waals surface area (Å²) in [5, 5.41) is 0. The van der Waals surface area contributed by atoms with Gasteiger partial charge < -0.3 is 4.74 Å². The third-order valence-corrected chi connectivity index (χ3v) is 4.70. The smallest absolute Gasteiger partial charge is 0.330 e. The summed E-state index contributed by atoms with van der Waals surface area (Å²) in [7, 11) is 0. The highest BCUT2D eigenvalue weighted by Gasteiger charge is 2.45. The molecule has 6 heteroatoms. The molecule has 6 nitrogen and oxygen atoms in total. The van der Waals surface area contributed by atoms with Crippen LogP contribution in [0.25, 0.3) is 0 Å². The molecular weight excluding hydrogens is 358 g/mol. The van der Waals surface area contributed by atoms with Crippen LogP contribution in [0.5, 0.6) is 0 Å². The van der Waals surface area contributed by atoms with E-state index in [2.05, 4.69) is 0 Å². The summed E-state index contributed by atoms with van der Waals surface area (Å²) in [4.78, 5) is 51.7. The molecule has 1 aliphatic rings. The summed E-state index contributed by atoms with van der Waals surface area (Å²) in [6, 6.07) is 13.8. The summed E-state index contributed by atoms with van der Waals surface area (Å²) in [6.45, 7) is 4.92. The lowest BCUT2D eigenvalue weighted by Gasteiger charge is -2.28. The van der Waals surface area contributed by atoms with Gasteiger partial charge >= 0.3 is 5.97 Å². The van der Waals surface area contributed by atoms with Gasteiger partial charge in [-0.1, -0.05) is 56.3 Å². The molecule has 0 spiro atoms. The zero-order chi connectivity index (χ0) is 20.4. The van der Waals surface area contributed by atoms with Gasteiger partial charge in [0.2, 0.25) is 5.78 Å². The topological polar surface area (TPSA) is 80.8 Å². The predicted octanol–water partition coefficient (Wildman–Crippen LogP) is 3.12. The van der Waals surface area contributed by atoms with E-state index in [-0.39, 0.29) is 22.8 Å². The number of fused-ring (bicyclic) bond motifs is 1. The molecule has 1 aliphatic heterocycles. The highest BCUT2D eigenvalue weighted by molar-refractivity contribution is 6.22. The molecule has 0 radical (unpaired) electrons. The summed E-state index contributed by atoms with van der Waals surface area (Å²) in [5.41, 5.74) is 0.948. The van der Waals surface area contributed by atoms with Crippen molar-refractivity contribution in [3.8, 4) is 0 Å². The first-order valence-electron chi connectivity index (χ1n) is 9.09. The normalized spacial score (nSPS) is 15.4. The van der Waals surface area contributed by atoms with Gasteiger partial charge in [-0.25, -0.2) is 4.79 Å². The van der Waals surface area contributed by atoms with E-state index >= 15 is 0 Å². The van der Waals surface area contributed by atoms with Gasteiger partial charge in [0.15, 0.2) is 6.10 Å². The number of imide groups is 1. The molecule has 0 N–H and O–H groups in total. The largest absolute Gasteiger partial charge is 0.453 e. The summed E-state index contributed by atoms with van der Waals surface area (Å²) >= 11 is 0. The Labute approximate surface area is 163 Å². The number of benzene rings is 2. The van der Waals surface area contributed by atoms with Crippen LogP contribution >= 0.6 is 0 Å². The van der Waals surface area contributed by atoms with Crippen LogP contribution in [-0.4, -0.2) is 40.6 Å². The number of carbonyl (C=O) groups is 4. The van der Waals surface area contributed by atoms with Crippen LogP contribution in [0.4, 0.5) is 0 Å². The summed E-state index contributed by atoms with van der Waals surface area (Å²) < 4.78 is 5.36. The maximum absolute atomic E-state index is 12.8. The minimum absolute atomic E-state index is 0.263. The number of Topliss-reactive ketones (excluding diaryl/α,β-unsaturated/α-hetero) is 1. The fourth-order valence-corrected chi connectivity index (χ4v) is 3.27. The second-order valence-corrected chi connectivity index (χ2v) is 7.02. The van der Waals surface area contributed by atoms with Crippen molar-refractivity contribution < 1.29 is 23.9 Å². The minimum Gasteiger partial charge on any atom is -0.453 e. The zero-order valence-electron chi connectivity index (χ0n) is 15.9. The molecule has 1 heterocycles. The Kier molecular flexibility index (Phi) is 5.40. The second-order valence-electron chi connectivity index (χ2n) is 7.02. The Balaban J connectivity index is 1.81. The highest BCUT2D eigenvalue weighted by atomic mass is 16.5. The third-order valence-electron chi connectivity index (χ3n) is 4.70. The Hall–Kier alpha value is -3.28. The molecule has 0 saturated heterocycles. The number of ether oxygens (including phenoxy) is 1. The number of carbonyl (C=O) groups excluding carboxylic acids is 4. The second kappa shape index (κ2) is 7.76. The average molecular weight is 379 g/mol. The first kappa shape index (κ1) is 19.5. The van der Waals surface area contributed by atoms with Crippen molar-refractivity contribution in [2.75, 3.05) is 0 Å². The molecule has 3 rings (SSSR count). The van der Waals surface area contributed by atoms with Crippen LogP contribution < -0.4 is 0 Å². The molecule has 2 atom stereocenters. The van der Waals surface area contributed by atoms with Gasteiger partial charge in [0.1, 0.15) is 6.04 Å². The van der Waals surface area contributed by atoms with E-state index in [1.54, 1.807) is 68.4 Å². The van der Waals surface area contributed by atoms with E-state index in [0.717, 1.165) is 4.90 Å². The first-order chi connectivity index (χ1) is 13.3. The van der Waals surface area contributed by atoms with E-state index in [1.165, 1.54) is 6.92 Å². The van der Waals surface area contributed by atoms with Gasteiger partial charge in [-0.3, -0.25) is 19.3 Å². The lowest BCUT2D eigenvalue weighted by atomic mass is 10.0. The van der Waals surface area contributed by atoms with Crippen molar-refractivity contribution in [2.24, 2.45) is 5.92 Å². The van der Waals surface area contributed by atoms with E-state index in [0.29, 0.717) is 5.56 Å². The standard InChI is InChI=1S/C22H21NO5/c1-13(2)18(23-20(25)16-11-7-8-12-17(16)21(23)26)22(27)28-14(3)19(24)15-9-5-4-6-10-15/h4-14,18H,1-3H3/t14-,18+/m0/s1. The van der Waals surface area contributed by atoms with Gasteiger partial charge in [0.25, 0.3) is 11.8 Å². The molecule has 2 aromatic carbocycles. The van der Waals surface area contributed by atoms with Crippen LogP contribution in [0, 0.1) is 5.92 Å². The first-order valence-corrected chi connectivity index (χ1v) is 9.09. The van der Waals surface area contributed by atoms with E-state index < -0.39 is 29.9 Å². The van der Waals surface area contributed by atoms with Gasteiger partial charge in [-0.2, -0.15) is 0 Å². The quantitative estimate of drug-likeness (QED) is 0.438. The van der Waals surface area contributed by atoms with Crippen LogP contribution in [0.15, 0.2) is 54.6 Å². The monoisotopic (exact) mass is 379 g/mol. The van der Waals surface area contributed by atoms with Crippen LogP contribution in [0.1, 0.15) is 51.8 Å². The Morgan fingerprint density at radius 3 is 1.82 bits per heavy atom. The van der Waals surface area contributed by atoms with Gasteiger partial charge in [0.05, 0.1) is 11.1 Å². The van der Waals surface area contributed by atoms with Crippen molar-refractivity contribution >= 4 is 23.6 Å². The van der Waals surface area contributed by atoms with Gasteiger partial charge in [-0.05, 0) is 25.0 Å². The van der Waals surface area contributed by atoms with Crippen molar-refractivity contribution in [3.05, 3.63) is 71.3 Å². The molecule has 0 unspecified atom stereocenters. The number of ketones is 1. The number of esters is 1. The predicted molar refractivity (Wildman–Crippen MR) is 102 cm³/mol. The molecule has 0 fully saturated rings. The maximum atomic E-state index is 12.8. The summed E-state index contributed by atoms with van der Waals surface area (Å²) in [5.74, 6) is -2.56. The van der Waals surface area contributed by atoms with Crippen molar-refractivity contribution in [3.63, 3.8) is 0 Å². The molecule has 144 valence electrons. The lowest BCUT2D eigenvalue weighted by Crippen LogP contribution is -2.49. The Morgan fingerprint density at radius 2 is 1.32 bits per heavy atom.